The lowest BCUT2D eigenvalue weighted by Crippen LogP contribution is -2.43. The number of hydrogen-bond acceptors (Lipinski definition) is 0. The maximum absolute atomic E-state index is 2.48. The third-order valence-corrected chi connectivity index (χ3v) is 15.0. The highest BCUT2D eigenvalue weighted by Gasteiger charge is 2.59. The normalized spacial score (nSPS) is 15.2. The molecule has 1 aromatic heterocycles. The van der Waals surface area contributed by atoms with E-state index in [0.29, 0.717) is 0 Å². The summed E-state index contributed by atoms with van der Waals surface area (Å²) in [5, 5.41) is 1.31. The van der Waals surface area contributed by atoms with Gasteiger partial charge < -0.3 is 4.57 Å². The number of fused-ring (bicyclic) bond motifs is 19. The van der Waals surface area contributed by atoms with Crippen LogP contribution in [0, 0.1) is 0 Å². The van der Waals surface area contributed by atoms with Crippen LogP contribution in [0.2, 0.25) is 0 Å². The highest BCUT2D eigenvalue weighted by atomic mass is 15.0. The molecule has 0 saturated carbocycles. The standard InChI is InChI=1S/C62H41N/c1-2-20-43(21-3-1)63-58-35-15-7-24-47(58)49-39-41(36-37-59(49)63)40-18-16-19-42(38-40)44-26-17-34-57-60(44)48-25-6-10-29-52(48)62(57)55-32-13-11-30-53(55)61(54-31-12-14-33-56(54)62)50-27-8-4-22-45(50)46-23-5-9-28-51(46)61/h1-35,38-39H,36-37H2. The Kier molecular flexibility index (Phi) is 7.15. The number of rotatable bonds is 3. The molecule has 0 N–H and O–H groups in total. The number of hydrogen-bond donors (Lipinski definition) is 0. The molecule has 0 unspecified atom stereocenters. The van der Waals surface area contributed by atoms with Gasteiger partial charge in [-0.15, -0.1) is 0 Å². The van der Waals surface area contributed by atoms with Crippen LogP contribution in [0.1, 0.15) is 67.7 Å². The highest BCUT2D eigenvalue weighted by molar-refractivity contribution is 6.01. The van der Waals surface area contributed by atoms with Crippen LogP contribution in [0.4, 0.5) is 0 Å². The Morgan fingerprint density at radius 3 is 1.49 bits per heavy atom. The Labute approximate surface area is 367 Å². The molecule has 1 heteroatoms. The number of nitrogens with zero attached hydrogens (tertiary/aromatic N) is 1. The van der Waals surface area contributed by atoms with E-state index in [2.05, 4.69) is 229 Å². The maximum atomic E-state index is 2.48. The summed E-state index contributed by atoms with van der Waals surface area (Å²) in [5.74, 6) is 0. The van der Waals surface area contributed by atoms with Gasteiger partial charge in [0.15, 0.2) is 0 Å². The summed E-state index contributed by atoms with van der Waals surface area (Å²) in [6.45, 7) is 0. The average Bonchev–Trinajstić information content (AvgIpc) is 3.96. The minimum absolute atomic E-state index is 0.448. The number of aromatic nitrogens is 1. The molecular weight excluding hydrogens is 759 g/mol. The fourth-order valence-electron chi connectivity index (χ4n) is 12.7. The Morgan fingerprint density at radius 1 is 0.349 bits per heavy atom. The Morgan fingerprint density at radius 2 is 0.825 bits per heavy atom. The third-order valence-electron chi connectivity index (χ3n) is 15.0. The first-order chi connectivity index (χ1) is 31.3. The lowest BCUT2D eigenvalue weighted by molar-refractivity contribution is 0.633. The summed E-state index contributed by atoms with van der Waals surface area (Å²) in [6, 6.07) is 82.6. The summed E-state index contributed by atoms with van der Waals surface area (Å²) in [6.07, 6.45) is 4.45. The van der Waals surface area contributed by atoms with Crippen molar-refractivity contribution in [2.45, 2.75) is 23.7 Å². The van der Waals surface area contributed by atoms with Crippen molar-refractivity contribution in [1.29, 1.82) is 0 Å². The van der Waals surface area contributed by atoms with Crippen LogP contribution in [-0.4, -0.2) is 4.57 Å². The van der Waals surface area contributed by atoms with E-state index in [-0.39, 0.29) is 0 Å². The molecule has 294 valence electrons. The summed E-state index contributed by atoms with van der Waals surface area (Å²) in [7, 11) is 0. The zero-order valence-electron chi connectivity index (χ0n) is 34.7. The van der Waals surface area contributed by atoms with Crippen molar-refractivity contribution in [2.75, 3.05) is 0 Å². The van der Waals surface area contributed by atoms with Crippen LogP contribution in [0.3, 0.4) is 0 Å². The average molecular weight is 800 g/mol. The van der Waals surface area contributed by atoms with E-state index in [1.807, 2.05) is 0 Å². The molecule has 9 aromatic carbocycles. The number of benzene rings is 9. The van der Waals surface area contributed by atoms with E-state index in [4.69, 9.17) is 0 Å². The van der Waals surface area contributed by atoms with Crippen molar-refractivity contribution in [3.05, 3.63) is 280 Å². The lowest BCUT2D eigenvalue weighted by Gasteiger charge is -2.48. The van der Waals surface area contributed by atoms with Crippen LogP contribution in [0.5, 0.6) is 0 Å². The Bertz CT molecular complexity index is 3480. The van der Waals surface area contributed by atoms with Gasteiger partial charge in [-0.3, -0.25) is 0 Å². The van der Waals surface area contributed by atoms with Crippen molar-refractivity contribution < 1.29 is 0 Å². The molecular formula is C62H41N. The monoisotopic (exact) mass is 799 g/mol. The van der Waals surface area contributed by atoms with Gasteiger partial charge in [-0.05, 0) is 132 Å². The zero-order valence-corrected chi connectivity index (χ0v) is 34.7. The summed E-state index contributed by atoms with van der Waals surface area (Å²) < 4.78 is 2.47. The number of para-hydroxylation sites is 2. The largest absolute Gasteiger partial charge is 0.313 e. The highest BCUT2D eigenvalue weighted by Crippen LogP contribution is 2.68. The Balaban J connectivity index is 0.983. The molecule has 10 aromatic rings. The van der Waals surface area contributed by atoms with Gasteiger partial charge in [0.2, 0.25) is 0 Å². The molecule has 4 aliphatic carbocycles. The smallest absolute Gasteiger partial charge is 0.0720 e. The van der Waals surface area contributed by atoms with Crippen LogP contribution >= 0.6 is 0 Å². The quantitative estimate of drug-likeness (QED) is 0.168. The molecule has 2 spiro atoms. The van der Waals surface area contributed by atoms with Gasteiger partial charge in [-0.2, -0.15) is 0 Å². The molecule has 1 heterocycles. The summed E-state index contributed by atoms with van der Waals surface area (Å²) >= 11 is 0. The lowest BCUT2D eigenvalue weighted by atomic mass is 9.52. The molecule has 4 aliphatic rings. The van der Waals surface area contributed by atoms with Gasteiger partial charge in [0.25, 0.3) is 0 Å². The summed E-state index contributed by atoms with van der Waals surface area (Å²) in [5.41, 5.74) is 25.7. The van der Waals surface area contributed by atoms with Crippen molar-refractivity contribution in [1.82, 2.24) is 4.57 Å². The third kappa shape index (κ3) is 4.41. The topological polar surface area (TPSA) is 4.93 Å². The second-order valence-electron chi connectivity index (χ2n) is 17.8. The van der Waals surface area contributed by atoms with Gasteiger partial charge in [-0.1, -0.05) is 194 Å². The fraction of sp³-hybridized carbons (Fsp3) is 0.0645. The predicted octanol–water partition coefficient (Wildman–Crippen LogP) is 14.8. The first-order valence-electron chi connectivity index (χ1n) is 22.4. The van der Waals surface area contributed by atoms with Crippen molar-refractivity contribution in [3.8, 4) is 39.1 Å². The molecule has 0 amide bonds. The van der Waals surface area contributed by atoms with Crippen LogP contribution in [0.15, 0.2) is 218 Å². The second-order valence-corrected chi connectivity index (χ2v) is 17.8. The van der Waals surface area contributed by atoms with Crippen molar-refractivity contribution >= 4 is 22.6 Å². The van der Waals surface area contributed by atoms with Gasteiger partial charge >= 0.3 is 0 Å². The molecule has 0 bridgehead atoms. The first-order valence-corrected chi connectivity index (χ1v) is 22.4. The molecule has 14 rings (SSSR count). The molecule has 0 radical (unpaired) electrons. The zero-order chi connectivity index (χ0) is 41.3. The van der Waals surface area contributed by atoms with Crippen LogP contribution in [0.25, 0.3) is 61.6 Å². The Hall–Kier alpha value is -7.74. The minimum atomic E-state index is -0.514. The van der Waals surface area contributed by atoms with Crippen LogP contribution in [-0.2, 0) is 17.3 Å². The molecule has 63 heavy (non-hydrogen) atoms. The molecule has 0 atom stereocenters. The molecule has 1 nitrogen and oxygen atoms in total. The SMILES string of the molecule is C1=C(c2cccc(-c3cccc4c3-c3ccccc3C43c4ccccc4C4(c5ccccc5-c5ccccc54)c4ccccc43)c2)CCc2c1c1ccccc1n2-c1ccccc1. The van der Waals surface area contributed by atoms with E-state index in [0.717, 1.165) is 12.8 Å². The van der Waals surface area contributed by atoms with Crippen molar-refractivity contribution in [2.24, 2.45) is 0 Å². The predicted molar refractivity (Wildman–Crippen MR) is 260 cm³/mol. The molecule has 0 saturated heterocycles. The fourth-order valence-corrected chi connectivity index (χ4v) is 12.7. The van der Waals surface area contributed by atoms with E-state index in [9.17, 15) is 0 Å². The van der Waals surface area contributed by atoms with E-state index < -0.39 is 10.8 Å². The molecule has 0 aliphatic heterocycles. The van der Waals surface area contributed by atoms with Gasteiger partial charge in [-0.25, -0.2) is 0 Å². The van der Waals surface area contributed by atoms with E-state index >= 15 is 0 Å². The van der Waals surface area contributed by atoms with Gasteiger partial charge in [0.1, 0.15) is 0 Å². The maximum Gasteiger partial charge on any atom is 0.0720 e. The molecule has 0 fully saturated rings. The van der Waals surface area contributed by atoms with Crippen molar-refractivity contribution in [3.63, 3.8) is 0 Å². The van der Waals surface area contributed by atoms with Gasteiger partial charge in [0, 0.05) is 22.3 Å². The number of allylic oxidation sites excluding steroid dienone is 1. The first kappa shape index (κ1) is 34.9. The van der Waals surface area contributed by atoms with Crippen LogP contribution < -0.4 is 0 Å². The summed E-state index contributed by atoms with van der Waals surface area (Å²) in [4.78, 5) is 0. The van der Waals surface area contributed by atoms with E-state index in [1.165, 1.54) is 117 Å². The second kappa shape index (κ2) is 12.9. The van der Waals surface area contributed by atoms with Gasteiger partial charge in [0.05, 0.1) is 16.3 Å². The minimum Gasteiger partial charge on any atom is -0.313 e. The van der Waals surface area contributed by atoms with E-state index in [1.54, 1.807) is 0 Å².